The Labute approximate surface area is 198 Å². The number of hydrogen-bond donors (Lipinski definition) is 1. The Morgan fingerprint density at radius 3 is 1.38 bits per heavy atom. The van der Waals surface area contributed by atoms with Crippen LogP contribution in [0, 0.1) is 0 Å². The molecular weight excluding hydrogens is 400 g/mol. The summed E-state index contributed by atoms with van der Waals surface area (Å²) < 4.78 is 4.91. The van der Waals surface area contributed by atoms with Gasteiger partial charge in [-0.2, -0.15) is 0 Å². The number of aliphatic hydroxyl groups excluding tert-OH is 1. The van der Waals surface area contributed by atoms with Crippen LogP contribution in [0.25, 0.3) is 0 Å². The fourth-order valence-electron chi connectivity index (χ4n) is 3.83. The van der Waals surface area contributed by atoms with Gasteiger partial charge in [0.15, 0.2) is 0 Å². The van der Waals surface area contributed by atoms with Gasteiger partial charge in [0.2, 0.25) is 0 Å². The molecule has 0 aliphatic carbocycles. The van der Waals surface area contributed by atoms with Crippen molar-refractivity contribution in [1.29, 1.82) is 0 Å². The lowest BCUT2D eigenvalue weighted by molar-refractivity contribution is -0.159. The summed E-state index contributed by atoms with van der Waals surface area (Å²) in [5.41, 5.74) is 0. The second kappa shape index (κ2) is 26.1. The molecule has 0 aromatic heterocycles. The van der Waals surface area contributed by atoms with Gasteiger partial charge < -0.3 is 9.84 Å². The Morgan fingerprint density at radius 1 is 0.562 bits per heavy atom. The molecule has 0 unspecified atom stereocenters. The fraction of sp³-hybridized carbons (Fsp3) is 0.857. The predicted molar refractivity (Wildman–Crippen MR) is 135 cm³/mol. The first-order valence-electron chi connectivity index (χ1n) is 13.7. The van der Waals surface area contributed by atoms with Crippen LogP contribution >= 0.6 is 0 Å². The Hall–Kier alpha value is -1.16. The summed E-state index contributed by atoms with van der Waals surface area (Å²) in [6, 6.07) is 0. The lowest BCUT2D eigenvalue weighted by Gasteiger charge is -2.04. The highest BCUT2D eigenvalue weighted by atomic mass is 16.6. The van der Waals surface area contributed by atoms with Crippen LogP contribution in [-0.2, 0) is 14.3 Å². The number of rotatable bonds is 24. The third-order valence-corrected chi connectivity index (χ3v) is 5.91. The van der Waals surface area contributed by atoms with E-state index in [2.05, 4.69) is 19.1 Å². The van der Waals surface area contributed by atoms with Crippen LogP contribution in [0.1, 0.15) is 148 Å². The van der Waals surface area contributed by atoms with Gasteiger partial charge in [-0.3, -0.25) is 9.59 Å². The maximum Gasteiger partial charge on any atom is 0.313 e. The van der Waals surface area contributed by atoms with Crippen molar-refractivity contribution in [3.63, 3.8) is 0 Å². The molecule has 0 aromatic carbocycles. The number of carbonyl (C=O) groups excluding carboxylic acids is 2. The third kappa shape index (κ3) is 25.1. The molecule has 0 heterocycles. The van der Waals surface area contributed by atoms with Crippen molar-refractivity contribution in [2.75, 3.05) is 6.61 Å². The van der Waals surface area contributed by atoms with Crippen LogP contribution in [0.4, 0.5) is 0 Å². The van der Waals surface area contributed by atoms with Crippen molar-refractivity contribution in [2.24, 2.45) is 0 Å². The highest BCUT2D eigenvalue weighted by Crippen LogP contribution is 2.11. The van der Waals surface area contributed by atoms with Gasteiger partial charge >= 0.3 is 11.9 Å². The molecule has 0 aromatic rings. The van der Waals surface area contributed by atoms with Crippen LogP contribution in [0.5, 0.6) is 0 Å². The van der Waals surface area contributed by atoms with Gasteiger partial charge in [-0.15, -0.1) is 0 Å². The standard InChI is InChI=1S/C28H52O4/c1-2-3-4-5-6-7-8-9-10-11-12-13-15-18-21-24-27(30)32-28(31)25-22-19-16-14-17-20-23-26-29/h9-10,29H,2-8,11-26H2,1H3. The van der Waals surface area contributed by atoms with E-state index >= 15 is 0 Å². The van der Waals surface area contributed by atoms with Gasteiger partial charge in [0.25, 0.3) is 0 Å². The number of unbranched alkanes of at least 4 members (excludes halogenated alkanes) is 17. The summed E-state index contributed by atoms with van der Waals surface area (Å²) in [4.78, 5) is 23.5. The van der Waals surface area contributed by atoms with Gasteiger partial charge in [0.1, 0.15) is 0 Å². The minimum Gasteiger partial charge on any atom is -0.396 e. The van der Waals surface area contributed by atoms with Crippen LogP contribution in [-0.4, -0.2) is 23.7 Å². The second-order valence-electron chi connectivity index (χ2n) is 9.13. The zero-order chi connectivity index (χ0) is 23.5. The lowest BCUT2D eigenvalue weighted by atomic mass is 10.1. The molecule has 32 heavy (non-hydrogen) atoms. The Balaban J connectivity index is 3.34. The Morgan fingerprint density at radius 2 is 0.938 bits per heavy atom. The molecule has 188 valence electrons. The molecule has 4 nitrogen and oxygen atoms in total. The fourth-order valence-corrected chi connectivity index (χ4v) is 3.83. The molecule has 0 atom stereocenters. The minimum atomic E-state index is -0.372. The average molecular weight is 453 g/mol. The number of ether oxygens (including phenoxy) is 1. The first-order valence-corrected chi connectivity index (χ1v) is 13.7. The maximum atomic E-state index is 11.8. The van der Waals surface area contributed by atoms with Crippen molar-refractivity contribution < 1.29 is 19.4 Å². The smallest absolute Gasteiger partial charge is 0.313 e. The van der Waals surface area contributed by atoms with Crippen LogP contribution < -0.4 is 0 Å². The summed E-state index contributed by atoms with van der Waals surface area (Å²) in [5.74, 6) is -0.736. The summed E-state index contributed by atoms with van der Waals surface area (Å²) in [6.45, 7) is 2.53. The summed E-state index contributed by atoms with van der Waals surface area (Å²) in [6.07, 6.45) is 28.4. The molecule has 0 saturated carbocycles. The van der Waals surface area contributed by atoms with E-state index in [1.165, 1.54) is 57.8 Å². The largest absolute Gasteiger partial charge is 0.396 e. The summed E-state index contributed by atoms with van der Waals surface area (Å²) >= 11 is 0. The molecule has 0 saturated heterocycles. The molecule has 0 fully saturated rings. The quantitative estimate of drug-likeness (QED) is 0.0693. The Kier molecular flexibility index (Phi) is 25.1. The van der Waals surface area contributed by atoms with Crippen molar-refractivity contribution >= 4 is 11.9 Å². The van der Waals surface area contributed by atoms with Gasteiger partial charge in [-0.25, -0.2) is 0 Å². The van der Waals surface area contributed by atoms with Crippen molar-refractivity contribution in [3.05, 3.63) is 12.2 Å². The molecule has 0 aliphatic heterocycles. The first-order chi connectivity index (χ1) is 15.7. The van der Waals surface area contributed by atoms with Gasteiger partial charge in [-0.1, -0.05) is 103 Å². The monoisotopic (exact) mass is 452 g/mol. The zero-order valence-electron chi connectivity index (χ0n) is 21.1. The molecular formula is C28H52O4. The van der Waals surface area contributed by atoms with E-state index in [9.17, 15) is 9.59 Å². The maximum absolute atomic E-state index is 11.8. The lowest BCUT2D eigenvalue weighted by Crippen LogP contribution is -2.11. The number of aliphatic hydroxyl groups is 1. The highest BCUT2D eigenvalue weighted by Gasteiger charge is 2.09. The third-order valence-electron chi connectivity index (χ3n) is 5.91. The van der Waals surface area contributed by atoms with E-state index < -0.39 is 0 Å². The van der Waals surface area contributed by atoms with Crippen molar-refractivity contribution in [3.8, 4) is 0 Å². The molecule has 4 heteroatoms. The number of allylic oxidation sites excluding steroid dienone is 2. The SMILES string of the molecule is CCCCCCCCC=CCCCCCCCC(=O)OC(=O)CCCCCCCCCO. The average Bonchev–Trinajstić information content (AvgIpc) is 2.78. The minimum absolute atomic E-state index is 0.275. The van der Waals surface area contributed by atoms with Crippen LogP contribution in [0.2, 0.25) is 0 Å². The summed E-state index contributed by atoms with van der Waals surface area (Å²) in [5, 5.41) is 8.72. The van der Waals surface area contributed by atoms with Gasteiger partial charge in [0, 0.05) is 19.4 Å². The second-order valence-corrected chi connectivity index (χ2v) is 9.13. The van der Waals surface area contributed by atoms with Crippen LogP contribution in [0.3, 0.4) is 0 Å². The molecule has 0 bridgehead atoms. The van der Waals surface area contributed by atoms with Gasteiger partial charge in [-0.05, 0) is 44.9 Å². The highest BCUT2D eigenvalue weighted by molar-refractivity contribution is 5.85. The van der Waals surface area contributed by atoms with E-state index in [0.29, 0.717) is 12.8 Å². The number of esters is 2. The molecule has 0 amide bonds. The number of hydrogen-bond acceptors (Lipinski definition) is 4. The van der Waals surface area contributed by atoms with E-state index in [-0.39, 0.29) is 18.5 Å². The van der Waals surface area contributed by atoms with E-state index in [4.69, 9.17) is 9.84 Å². The van der Waals surface area contributed by atoms with E-state index in [1.54, 1.807) is 0 Å². The molecule has 0 aliphatic rings. The van der Waals surface area contributed by atoms with Crippen LogP contribution in [0.15, 0.2) is 12.2 Å². The molecule has 1 N–H and O–H groups in total. The zero-order valence-corrected chi connectivity index (χ0v) is 21.1. The first kappa shape index (κ1) is 30.8. The molecule has 0 rings (SSSR count). The van der Waals surface area contributed by atoms with Crippen molar-refractivity contribution in [2.45, 2.75) is 148 Å². The molecule has 0 radical (unpaired) electrons. The van der Waals surface area contributed by atoms with E-state index in [0.717, 1.165) is 70.6 Å². The van der Waals surface area contributed by atoms with Gasteiger partial charge in [0.05, 0.1) is 0 Å². The Bertz CT molecular complexity index is 445. The topological polar surface area (TPSA) is 63.6 Å². The predicted octanol–water partition coefficient (Wildman–Crippen LogP) is 8.21. The van der Waals surface area contributed by atoms with Crippen molar-refractivity contribution in [1.82, 2.24) is 0 Å². The number of carbonyl (C=O) groups is 2. The van der Waals surface area contributed by atoms with E-state index in [1.807, 2.05) is 0 Å². The normalized spacial score (nSPS) is 11.3. The summed E-state index contributed by atoms with van der Waals surface area (Å²) in [7, 11) is 0. The molecule has 0 spiro atoms.